The lowest BCUT2D eigenvalue weighted by molar-refractivity contribution is -0.130. The van der Waals surface area contributed by atoms with E-state index in [9.17, 15) is 4.79 Å². The maximum Gasteiger partial charge on any atom is 0.232 e. The third-order valence-electron chi connectivity index (χ3n) is 4.40. The van der Waals surface area contributed by atoms with Gasteiger partial charge in [-0.1, -0.05) is 6.07 Å². The molecule has 1 aliphatic rings. The number of aryl methyl sites for hydroxylation is 1. The molecular weight excluding hydrogens is 268 g/mol. The van der Waals surface area contributed by atoms with Gasteiger partial charge in [-0.2, -0.15) is 5.10 Å². The van der Waals surface area contributed by atoms with Crippen molar-refractivity contribution in [3.8, 4) is 0 Å². The maximum atomic E-state index is 12.7. The molecule has 1 aromatic heterocycles. The van der Waals surface area contributed by atoms with Crippen LogP contribution in [0.4, 0.5) is 5.69 Å². The van der Waals surface area contributed by atoms with Gasteiger partial charge in [0.05, 0.1) is 22.8 Å². The van der Waals surface area contributed by atoms with E-state index in [2.05, 4.69) is 15.5 Å². The lowest BCUT2D eigenvalue weighted by atomic mass is 9.79. The van der Waals surface area contributed by atoms with Crippen LogP contribution in [0.25, 0.3) is 10.9 Å². The zero-order chi connectivity index (χ0) is 14.9. The van der Waals surface area contributed by atoms with Crippen LogP contribution in [0.1, 0.15) is 18.4 Å². The van der Waals surface area contributed by atoms with E-state index in [1.165, 1.54) is 0 Å². The van der Waals surface area contributed by atoms with Crippen molar-refractivity contribution >= 4 is 22.5 Å². The fraction of sp³-hybridized carbons (Fsp3) is 0.467. The van der Waals surface area contributed by atoms with Gasteiger partial charge in [0.1, 0.15) is 0 Å². The Morgan fingerprint density at radius 1 is 1.48 bits per heavy atom. The van der Waals surface area contributed by atoms with Crippen molar-refractivity contribution in [1.29, 1.82) is 0 Å². The molecule has 112 valence electrons. The molecular formula is C15H20N4O2. The highest BCUT2D eigenvalue weighted by molar-refractivity contribution is 6.03. The molecule has 0 aliphatic carbocycles. The van der Waals surface area contributed by atoms with Gasteiger partial charge >= 0.3 is 0 Å². The van der Waals surface area contributed by atoms with Gasteiger partial charge in [0.25, 0.3) is 0 Å². The van der Waals surface area contributed by atoms with E-state index >= 15 is 0 Å². The first-order valence-electron chi connectivity index (χ1n) is 7.18. The first-order valence-corrected chi connectivity index (χ1v) is 7.18. The van der Waals surface area contributed by atoms with Gasteiger partial charge in [0.2, 0.25) is 5.91 Å². The Hall–Kier alpha value is -1.92. The Morgan fingerprint density at radius 3 is 2.95 bits per heavy atom. The number of carbonyl (C=O) groups excluding carboxylic acids is 1. The van der Waals surface area contributed by atoms with Crippen LogP contribution in [0, 0.1) is 12.3 Å². The van der Waals surface area contributed by atoms with Gasteiger partial charge in [-0.3, -0.25) is 9.89 Å². The summed E-state index contributed by atoms with van der Waals surface area (Å²) < 4.78 is 5.35. The van der Waals surface area contributed by atoms with Gasteiger partial charge in [0.15, 0.2) is 0 Å². The van der Waals surface area contributed by atoms with Crippen LogP contribution in [0.5, 0.6) is 0 Å². The van der Waals surface area contributed by atoms with Crippen molar-refractivity contribution in [2.24, 2.45) is 11.1 Å². The summed E-state index contributed by atoms with van der Waals surface area (Å²) in [7, 11) is 0. The zero-order valence-corrected chi connectivity index (χ0v) is 12.1. The van der Waals surface area contributed by atoms with E-state index in [4.69, 9.17) is 10.5 Å². The van der Waals surface area contributed by atoms with Gasteiger partial charge in [-0.05, 0) is 31.4 Å². The molecule has 6 heteroatoms. The third-order valence-corrected chi connectivity index (χ3v) is 4.40. The molecule has 0 spiro atoms. The number of nitrogens with two attached hydrogens (primary N) is 1. The molecule has 2 heterocycles. The number of amides is 1. The minimum Gasteiger partial charge on any atom is -0.381 e. The summed E-state index contributed by atoms with van der Waals surface area (Å²) in [5, 5.41) is 11.0. The Labute approximate surface area is 123 Å². The maximum absolute atomic E-state index is 12.7. The third kappa shape index (κ3) is 2.41. The molecule has 0 saturated carbocycles. The standard InChI is InChI=1S/C15H20N4O2/c1-10-2-3-12(13-11(10)8-17-19-13)18-14(20)15(9-16)4-6-21-7-5-15/h2-3,8H,4-7,9,16H2,1H3,(H,17,19)(H,18,20). The number of nitrogens with zero attached hydrogens (tertiary/aromatic N) is 1. The average Bonchev–Trinajstić information content (AvgIpc) is 3.01. The van der Waals surface area contributed by atoms with Crippen LogP contribution in [-0.4, -0.2) is 35.9 Å². The van der Waals surface area contributed by atoms with Crippen molar-refractivity contribution in [3.05, 3.63) is 23.9 Å². The molecule has 0 radical (unpaired) electrons. The second-order valence-corrected chi connectivity index (χ2v) is 5.64. The molecule has 6 nitrogen and oxygen atoms in total. The summed E-state index contributed by atoms with van der Waals surface area (Å²) in [6.07, 6.45) is 3.09. The molecule has 1 aliphatic heterocycles. The number of anilines is 1. The van der Waals surface area contributed by atoms with Crippen molar-refractivity contribution in [1.82, 2.24) is 10.2 Å². The number of benzene rings is 1. The van der Waals surface area contributed by atoms with E-state index in [0.717, 1.165) is 22.2 Å². The number of aromatic nitrogens is 2. The quantitative estimate of drug-likeness (QED) is 0.799. The number of aromatic amines is 1. The molecule has 1 fully saturated rings. The van der Waals surface area contributed by atoms with Crippen LogP contribution in [0.2, 0.25) is 0 Å². The summed E-state index contributed by atoms with van der Waals surface area (Å²) in [5.74, 6) is -0.0342. The Kier molecular flexibility index (Phi) is 3.65. The lowest BCUT2D eigenvalue weighted by Gasteiger charge is -2.34. The number of carbonyl (C=O) groups is 1. The van der Waals surface area contributed by atoms with Crippen molar-refractivity contribution in [2.75, 3.05) is 25.1 Å². The van der Waals surface area contributed by atoms with E-state index in [0.29, 0.717) is 32.6 Å². The summed E-state index contributed by atoms with van der Waals surface area (Å²) in [4.78, 5) is 12.7. The number of hydrogen-bond acceptors (Lipinski definition) is 4. The fourth-order valence-corrected chi connectivity index (χ4v) is 2.82. The average molecular weight is 288 g/mol. The highest BCUT2D eigenvalue weighted by atomic mass is 16.5. The lowest BCUT2D eigenvalue weighted by Crippen LogP contribution is -2.46. The number of H-pyrrole nitrogens is 1. The normalized spacial score (nSPS) is 17.8. The molecule has 1 saturated heterocycles. The molecule has 0 atom stereocenters. The predicted octanol–water partition coefficient (Wildman–Crippen LogP) is 1.57. The van der Waals surface area contributed by atoms with E-state index < -0.39 is 5.41 Å². The number of hydrogen-bond donors (Lipinski definition) is 3. The van der Waals surface area contributed by atoms with Crippen LogP contribution < -0.4 is 11.1 Å². The summed E-state index contributed by atoms with van der Waals surface area (Å²) >= 11 is 0. The Morgan fingerprint density at radius 2 is 2.24 bits per heavy atom. The number of rotatable bonds is 3. The monoisotopic (exact) mass is 288 g/mol. The van der Waals surface area contributed by atoms with Crippen molar-refractivity contribution in [2.45, 2.75) is 19.8 Å². The Bertz CT molecular complexity index is 659. The highest BCUT2D eigenvalue weighted by Gasteiger charge is 2.39. The van der Waals surface area contributed by atoms with Crippen LogP contribution in [-0.2, 0) is 9.53 Å². The molecule has 2 aromatic rings. The van der Waals surface area contributed by atoms with E-state index in [-0.39, 0.29) is 5.91 Å². The molecule has 4 N–H and O–H groups in total. The van der Waals surface area contributed by atoms with Crippen molar-refractivity contribution in [3.63, 3.8) is 0 Å². The zero-order valence-electron chi connectivity index (χ0n) is 12.1. The second-order valence-electron chi connectivity index (χ2n) is 5.64. The molecule has 21 heavy (non-hydrogen) atoms. The first-order chi connectivity index (χ1) is 10.2. The minimum absolute atomic E-state index is 0.0342. The predicted molar refractivity (Wildman–Crippen MR) is 81.0 cm³/mol. The highest BCUT2D eigenvalue weighted by Crippen LogP contribution is 2.32. The van der Waals surface area contributed by atoms with Crippen LogP contribution >= 0.6 is 0 Å². The van der Waals surface area contributed by atoms with Gasteiger partial charge < -0.3 is 15.8 Å². The molecule has 0 unspecified atom stereocenters. The Balaban J connectivity index is 1.89. The summed E-state index contributed by atoms with van der Waals surface area (Å²) in [6, 6.07) is 3.88. The van der Waals surface area contributed by atoms with Gasteiger partial charge in [-0.25, -0.2) is 0 Å². The van der Waals surface area contributed by atoms with E-state index in [1.54, 1.807) is 6.20 Å². The van der Waals surface area contributed by atoms with Gasteiger partial charge in [-0.15, -0.1) is 0 Å². The first kappa shape index (κ1) is 14.0. The smallest absolute Gasteiger partial charge is 0.232 e. The van der Waals surface area contributed by atoms with Crippen LogP contribution in [0.3, 0.4) is 0 Å². The second kappa shape index (κ2) is 5.46. The molecule has 1 amide bonds. The van der Waals surface area contributed by atoms with Crippen LogP contribution in [0.15, 0.2) is 18.3 Å². The fourth-order valence-electron chi connectivity index (χ4n) is 2.82. The summed E-state index contributed by atoms with van der Waals surface area (Å²) in [6.45, 7) is 3.51. The number of nitrogens with one attached hydrogen (secondary N) is 2. The SMILES string of the molecule is Cc1ccc(NC(=O)C2(CN)CCOCC2)c2[nH]ncc12. The summed E-state index contributed by atoms with van der Waals surface area (Å²) in [5.41, 5.74) is 8.06. The topological polar surface area (TPSA) is 93.0 Å². The molecule has 1 aromatic carbocycles. The van der Waals surface area contributed by atoms with E-state index in [1.807, 2.05) is 19.1 Å². The van der Waals surface area contributed by atoms with Crippen molar-refractivity contribution < 1.29 is 9.53 Å². The molecule has 3 rings (SSSR count). The largest absolute Gasteiger partial charge is 0.381 e. The number of fused-ring (bicyclic) bond motifs is 1. The molecule has 0 bridgehead atoms. The number of ether oxygens (including phenoxy) is 1. The minimum atomic E-state index is -0.532. The van der Waals surface area contributed by atoms with Gasteiger partial charge in [0, 0.05) is 25.1 Å².